The van der Waals surface area contributed by atoms with Crippen LogP contribution in [-0.2, 0) is 0 Å². The number of nitrogens with zero attached hydrogens (tertiary/aromatic N) is 2. The van der Waals surface area contributed by atoms with Gasteiger partial charge in [-0.15, -0.1) is 0 Å². The van der Waals surface area contributed by atoms with Gasteiger partial charge in [0.25, 0.3) is 0 Å². The Balaban J connectivity index is 1.77. The zero-order valence-corrected chi connectivity index (χ0v) is 12.5. The van der Waals surface area contributed by atoms with Crippen LogP contribution in [0.5, 0.6) is 0 Å². The molecule has 0 radical (unpaired) electrons. The van der Waals surface area contributed by atoms with Crippen LogP contribution in [0.1, 0.15) is 5.56 Å². The predicted molar refractivity (Wildman–Crippen MR) is 87.1 cm³/mol. The molecule has 0 fully saturated rings. The van der Waals surface area contributed by atoms with Gasteiger partial charge in [-0.25, -0.2) is 9.38 Å². The summed E-state index contributed by atoms with van der Waals surface area (Å²) in [4.78, 5) is 4.42. The first kappa shape index (κ1) is 14.1. The van der Waals surface area contributed by atoms with Gasteiger partial charge in [0.05, 0.1) is 11.4 Å². The number of halogens is 2. The first-order valence-electron chi connectivity index (χ1n) is 6.27. The molecular formula is C15H11ClFN3S. The summed E-state index contributed by atoms with van der Waals surface area (Å²) >= 11 is 7.31. The molecule has 0 saturated carbocycles. The minimum Gasteiger partial charge on any atom is -0.255 e. The number of hydrazone groups is 1. The third kappa shape index (κ3) is 3.43. The van der Waals surface area contributed by atoms with Gasteiger partial charge in [-0.05, 0) is 30.3 Å². The Kier molecular flexibility index (Phi) is 4.22. The standard InChI is InChI=1S/C15H11ClFN3S/c16-10-5-7-11(8-6-10)18-15-20-19-14(9-21-15)12-3-1-2-4-13(12)17/h1-8H,9H2,(H,18,20). The van der Waals surface area contributed by atoms with E-state index in [9.17, 15) is 4.39 Å². The highest BCUT2D eigenvalue weighted by Gasteiger charge is 2.15. The summed E-state index contributed by atoms with van der Waals surface area (Å²) in [5.74, 6) is 0.303. The molecule has 2 aromatic rings. The van der Waals surface area contributed by atoms with E-state index in [2.05, 4.69) is 15.5 Å². The fraction of sp³-hybridized carbons (Fsp3) is 0.0667. The first-order valence-corrected chi connectivity index (χ1v) is 7.63. The Morgan fingerprint density at radius 3 is 2.57 bits per heavy atom. The van der Waals surface area contributed by atoms with Gasteiger partial charge in [-0.2, -0.15) is 5.10 Å². The highest BCUT2D eigenvalue weighted by atomic mass is 35.5. The van der Waals surface area contributed by atoms with Crippen LogP contribution in [0.2, 0.25) is 5.02 Å². The minimum atomic E-state index is -0.267. The molecule has 0 aliphatic carbocycles. The Morgan fingerprint density at radius 2 is 1.90 bits per heavy atom. The van der Waals surface area contributed by atoms with Crippen LogP contribution in [0.3, 0.4) is 0 Å². The molecule has 2 aromatic carbocycles. The van der Waals surface area contributed by atoms with Gasteiger partial charge in [0.1, 0.15) is 5.82 Å². The number of benzene rings is 2. The van der Waals surface area contributed by atoms with Crippen molar-refractivity contribution in [3.05, 3.63) is 64.9 Å². The fourth-order valence-electron chi connectivity index (χ4n) is 1.84. The van der Waals surface area contributed by atoms with Gasteiger partial charge in [0.15, 0.2) is 5.17 Å². The van der Waals surface area contributed by atoms with Crippen molar-refractivity contribution in [2.75, 3.05) is 5.75 Å². The molecule has 0 amide bonds. The van der Waals surface area contributed by atoms with E-state index in [1.165, 1.54) is 17.8 Å². The van der Waals surface area contributed by atoms with E-state index in [0.29, 0.717) is 27.2 Å². The molecular weight excluding hydrogens is 309 g/mol. The molecule has 6 heteroatoms. The number of amidine groups is 1. The van der Waals surface area contributed by atoms with Crippen molar-refractivity contribution >= 4 is 39.9 Å². The van der Waals surface area contributed by atoms with Crippen molar-refractivity contribution in [3.63, 3.8) is 0 Å². The second-order valence-corrected chi connectivity index (χ2v) is 5.73. The zero-order valence-electron chi connectivity index (χ0n) is 10.9. The second-order valence-electron chi connectivity index (χ2n) is 4.33. The van der Waals surface area contributed by atoms with Gasteiger partial charge < -0.3 is 0 Å². The second kappa shape index (κ2) is 6.28. The Hall–Kier alpha value is -1.85. The first-order chi connectivity index (χ1) is 10.2. The summed E-state index contributed by atoms with van der Waals surface area (Å²) in [5.41, 5.74) is 4.84. The summed E-state index contributed by atoms with van der Waals surface area (Å²) < 4.78 is 13.7. The number of hydrogen-bond acceptors (Lipinski definition) is 3. The van der Waals surface area contributed by atoms with Crippen molar-refractivity contribution in [3.8, 4) is 0 Å². The lowest BCUT2D eigenvalue weighted by Gasteiger charge is -2.15. The van der Waals surface area contributed by atoms with E-state index in [1.54, 1.807) is 30.3 Å². The number of aliphatic imine (C=N–C) groups is 1. The molecule has 1 heterocycles. The van der Waals surface area contributed by atoms with Crippen LogP contribution in [0.15, 0.2) is 58.6 Å². The minimum absolute atomic E-state index is 0.267. The Bertz CT molecular complexity index is 713. The van der Waals surface area contributed by atoms with Crippen LogP contribution in [0.25, 0.3) is 0 Å². The fourth-order valence-corrected chi connectivity index (χ4v) is 2.74. The van der Waals surface area contributed by atoms with Gasteiger partial charge in [0, 0.05) is 16.3 Å². The molecule has 0 unspecified atom stereocenters. The van der Waals surface area contributed by atoms with Crippen molar-refractivity contribution in [1.29, 1.82) is 0 Å². The number of thioether (sulfide) groups is 1. The monoisotopic (exact) mass is 319 g/mol. The van der Waals surface area contributed by atoms with Crippen molar-refractivity contribution in [2.45, 2.75) is 0 Å². The number of rotatable bonds is 2. The van der Waals surface area contributed by atoms with Crippen LogP contribution >= 0.6 is 23.4 Å². The molecule has 0 bridgehead atoms. The molecule has 0 spiro atoms. The third-order valence-electron chi connectivity index (χ3n) is 2.87. The third-order valence-corrected chi connectivity index (χ3v) is 4.00. The van der Waals surface area contributed by atoms with Gasteiger partial charge >= 0.3 is 0 Å². The van der Waals surface area contributed by atoms with E-state index in [4.69, 9.17) is 11.6 Å². The Morgan fingerprint density at radius 1 is 1.14 bits per heavy atom. The lowest BCUT2D eigenvalue weighted by molar-refractivity contribution is 0.625. The molecule has 1 aliphatic rings. The topological polar surface area (TPSA) is 36.8 Å². The van der Waals surface area contributed by atoms with Crippen LogP contribution in [0.4, 0.5) is 10.1 Å². The molecule has 1 N–H and O–H groups in total. The summed E-state index contributed by atoms with van der Waals surface area (Å²) in [6.45, 7) is 0. The van der Waals surface area contributed by atoms with Gasteiger partial charge in [0.2, 0.25) is 0 Å². The van der Waals surface area contributed by atoms with E-state index in [0.717, 1.165) is 5.69 Å². The molecule has 0 saturated heterocycles. The van der Waals surface area contributed by atoms with E-state index < -0.39 is 0 Å². The highest BCUT2D eigenvalue weighted by Crippen LogP contribution is 2.21. The number of hydrogen-bond donors (Lipinski definition) is 1. The number of nitrogens with one attached hydrogen (secondary N) is 1. The molecule has 3 rings (SSSR count). The van der Waals surface area contributed by atoms with Crippen LogP contribution in [0, 0.1) is 5.82 Å². The Labute approximate surface area is 130 Å². The maximum Gasteiger partial charge on any atom is 0.182 e. The molecule has 106 valence electrons. The van der Waals surface area contributed by atoms with Gasteiger partial charge in [-0.1, -0.05) is 41.6 Å². The molecule has 21 heavy (non-hydrogen) atoms. The average molecular weight is 320 g/mol. The van der Waals surface area contributed by atoms with Crippen molar-refractivity contribution in [1.82, 2.24) is 5.43 Å². The smallest absolute Gasteiger partial charge is 0.182 e. The summed E-state index contributed by atoms with van der Waals surface area (Å²) in [5, 5.41) is 5.55. The molecule has 0 atom stereocenters. The molecule has 0 aromatic heterocycles. The quantitative estimate of drug-likeness (QED) is 0.900. The van der Waals surface area contributed by atoms with Gasteiger partial charge in [-0.3, -0.25) is 5.43 Å². The zero-order chi connectivity index (χ0) is 14.7. The lowest BCUT2D eigenvalue weighted by Crippen LogP contribution is -2.25. The SMILES string of the molecule is Fc1ccccc1C1=NNC(=Nc2ccc(Cl)cc2)SC1. The average Bonchev–Trinajstić information content (AvgIpc) is 2.51. The van der Waals surface area contributed by atoms with E-state index in [1.807, 2.05) is 12.1 Å². The van der Waals surface area contributed by atoms with Crippen LogP contribution < -0.4 is 5.43 Å². The maximum atomic E-state index is 13.7. The maximum absolute atomic E-state index is 13.7. The van der Waals surface area contributed by atoms with Crippen LogP contribution in [-0.4, -0.2) is 16.6 Å². The van der Waals surface area contributed by atoms with Crippen molar-refractivity contribution in [2.24, 2.45) is 10.1 Å². The van der Waals surface area contributed by atoms with E-state index >= 15 is 0 Å². The molecule has 1 aliphatic heterocycles. The summed E-state index contributed by atoms with van der Waals surface area (Å²) in [6, 6.07) is 13.8. The lowest BCUT2D eigenvalue weighted by atomic mass is 10.1. The normalized spacial score (nSPS) is 16.5. The highest BCUT2D eigenvalue weighted by molar-refractivity contribution is 8.14. The van der Waals surface area contributed by atoms with E-state index in [-0.39, 0.29) is 5.82 Å². The molecule has 3 nitrogen and oxygen atoms in total. The summed E-state index contributed by atoms with van der Waals surface area (Å²) in [6.07, 6.45) is 0. The summed E-state index contributed by atoms with van der Waals surface area (Å²) in [7, 11) is 0. The largest absolute Gasteiger partial charge is 0.255 e. The van der Waals surface area contributed by atoms with Crippen molar-refractivity contribution < 1.29 is 4.39 Å². The predicted octanol–water partition coefficient (Wildman–Crippen LogP) is 4.21.